The van der Waals surface area contributed by atoms with E-state index in [9.17, 15) is 5.11 Å². The van der Waals surface area contributed by atoms with Gasteiger partial charge in [-0.25, -0.2) is 0 Å². The molecule has 0 saturated carbocycles. The van der Waals surface area contributed by atoms with Gasteiger partial charge in [0, 0.05) is 17.7 Å². The molecule has 1 saturated heterocycles. The van der Waals surface area contributed by atoms with Gasteiger partial charge in [-0.05, 0) is 43.0 Å². The van der Waals surface area contributed by atoms with Gasteiger partial charge in [-0.2, -0.15) is 0 Å². The first-order valence-electron chi connectivity index (χ1n) is 7.06. The number of benzene rings is 1. The first-order valence-corrected chi connectivity index (χ1v) is 7.06. The quantitative estimate of drug-likeness (QED) is 0.885. The highest BCUT2D eigenvalue weighted by atomic mass is 16.5. The van der Waals surface area contributed by atoms with E-state index in [1.54, 1.807) is 14.2 Å². The van der Waals surface area contributed by atoms with Crippen molar-refractivity contribution in [2.75, 3.05) is 20.8 Å². The Kier molecular flexibility index (Phi) is 3.34. The summed E-state index contributed by atoms with van der Waals surface area (Å²) in [5, 5.41) is 13.3. The van der Waals surface area contributed by atoms with Gasteiger partial charge in [-0.1, -0.05) is 6.07 Å². The molecule has 1 aromatic carbocycles. The normalized spacial score (nSPS) is 28.4. The van der Waals surface area contributed by atoms with Crippen molar-refractivity contribution in [1.82, 2.24) is 5.32 Å². The molecule has 1 fully saturated rings. The summed E-state index contributed by atoms with van der Waals surface area (Å²) < 4.78 is 10.7. The number of hydrogen-bond acceptors (Lipinski definition) is 4. The molecule has 2 aliphatic rings. The monoisotopic (exact) mass is 275 g/mol. The summed E-state index contributed by atoms with van der Waals surface area (Å²) in [6.07, 6.45) is 4.46. The van der Waals surface area contributed by atoms with E-state index in [1.165, 1.54) is 5.56 Å². The number of aliphatic hydroxyl groups excluding tert-OH is 1. The van der Waals surface area contributed by atoms with Gasteiger partial charge >= 0.3 is 0 Å². The van der Waals surface area contributed by atoms with Gasteiger partial charge in [-0.15, -0.1) is 0 Å². The van der Waals surface area contributed by atoms with Gasteiger partial charge in [-0.3, -0.25) is 0 Å². The number of methoxy groups -OCH3 is 2. The highest BCUT2D eigenvalue weighted by Gasteiger charge is 2.43. The molecule has 20 heavy (non-hydrogen) atoms. The van der Waals surface area contributed by atoms with Gasteiger partial charge in [0.25, 0.3) is 0 Å². The van der Waals surface area contributed by atoms with Crippen LogP contribution in [-0.4, -0.2) is 32.0 Å². The minimum absolute atomic E-state index is 0.00121. The summed E-state index contributed by atoms with van der Waals surface area (Å²) in [4.78, 5) is 0. The Hall–Kier alpha value is -1.68. The van der Waals surface area contributed by atoms with Gasteiger partial charge < -0.3 is 19.9 Å². The molecule has 0 aromatic heterocycles. The fraction of sp³-hybridized carbons (Fsp3) is 0.500. The van der Waals surface area contributed by atoms with Gasteiger partial charge in [0.2, 0.25) is 0 Å². The Morgan fingerprint density at radius 3 is 2.75 bits per heavy atom. The standard InChI is InChI=1S/C16H21NO3/c1-19-13-4-3-11(9-14(13)20-2)16-6-5-12(18)10-15(16)17-8-7-16/h3-4,9-10,12,17-18H,5-8H2,1-2H3. The third-order valence-electron chi connectivity index (χ3n) is 4.54. The fourth-order valence-corrected chi connectivity index (χ4v) is 3.44. The molecule has 2 unspecified atom stereocenters. The van der Waals surface area contributed by atoms with Crippen molar-refractivity contribution in [2.45, 2.75) is 30.8 Å². The number of fused-ring (bicyclic) bond motifs is 1. The van der Waals surface area contributed by atoms with Gasteiger partial charge in [0.05, 0.1) is 20.3 Å². The molecule has 3 rings (SSSR count). The molecule has 1 aliphatic carbocycles. The van der Waals surface area contributed by atoms with E-state index in [0.29, 0.717) is 0 Å². The molecular weight excluding hydrogens is 254 g/mol. The number of aliphatic hydroxyl groups is 1. The Morgan fingerprint density at radius 1 is 1.20 bits per heavy atom. The van der Waals surface area contributed by atoms with Crippen molar-refractivity contribution in [3.63, 3.8) is 0 Å². The molecule has 0 amide bonds. The van der Waals surface area contributed by atoms with Crippen LogP contribution in [0.5, 0.6) is 11.5 Å². The van der Waals surface area contributed by atoms with E-state index in [-0.39, 0.29) is 11.5 Å². The van der Waals surface area contributed by atoms with E-state index in [1.807, 2.05) is 12.1 Å². The first-order chi connectivity index (χ1) is 9.69. The Labute approximate surface area is 119 Å². The zero-order valence-corrected chi connectivity index (χ0v) is 12.0. The molecule has 1 heterocycles. The second-order valence-corrected chi connectivity index (χ2v) is 5.52. The van der Waals surface area contributed by atoms with Crippen LogP contribution in [0.15, 0.2) is 30.0 Å². The molecule has 4 nitrogen and oxygen atoms in total. The number of ether oxygens (including phenoxy) is 2. The van der Waals surface area contributed by atoms with Crippen molar-refractivity contribution in [2.24, 2.45) is 0 Å². The molecule has 1 aliphatic heterocycles. The molecule has 108 valence electrons. The molecule has 0 spiro atoms. The van der Waals surface area contributed by atoms with Crippen LogP contribution in [0.3, 0.4) is 0 Å². The zero-order valence-electron chi connectivity index (χ0n) is 12.0. The number of allylic oxidation sites excluding steroid dienone is 1. The average molecular weight is 275 g/mol. The topological polar surface area (TPSA) is 50.7 Å². The molecule has 0 bridgehead atoms. The predicted octanol–water partition coefficient (Wildman–Crippen LogP) is 1.97. The van der Waals surface area contributed by atoms with E-state index in [2.05, 4.69) is 17.4 Å². The second-order valence-electron chi connectivity index (χ2n) is 5.52. The van der Waals surface area contributed by atoms with Crippen LogP contribution in [0, 0.1) is 0 Å². The highest BCUT2D eigenvalue weighted by Crippen LogP contribution is 2.47. The van der Waals surface area contributed by atoms with Crippen LogP contribution in [0.25, 0.3) is 0 Å². The Morgan fingerprint density at radius 2 is 2.00 bits per heavy atom. The summed E-state index contributed by atoms with van der Waals surface area (Å²) in [5.41, 5.74) is 2.39. The average Bonchev–Trinajstić information content (AvgIpc) is 2.90. The molecule has 2 N–H and O–H groups in total. The van der Waals surface area contributed by atoms with Crippen LogP contribution < -0.4 is 14.8 Å². The van der Waals surface area contributed by atoms with Crippen molar-refractivity contribution < 1.29 is 14.6 Å². The zero-order chi connectivity index (χ0) is 14.2. The maximum absolute atomic E-state index is 9.84. The molecule has 0 radical (unpaired) electrons. The Bertz CT molecular complexity index is 541. The van der Waals surface area contributed by atoms with E-state index in [0.717, 1.165) is 43.0 Å². The fourth-order valence-electron chi connectivity index (χ4n) is 3.44. The van der Waals surface area contributed by atoms with Crippen LogP contribution >= 0.6 is 0 Å². The maximum Gasteiger partial charge on any atom is 0.161 e. The minimum atomic E-state index is -0.330. The first kappa shape index (κ1) is 13.3. The van der Waals surface area contributed by atoms with Gasteiger partial charge in [0.1, 0.15) is 0 Å². The largest absolute Gasteiger partial charge is 0.493 e. The SMILES string of the molecule is COc1ccc(C23CCNC2=CC(O)CC3)cc1OC. The summed E-state index contributed by atoms with van der Waals surface area (Å²) >= 11 is 0. The lowest BCUT2D eigenvalue weighted by molar-refractivity contribution is 0.185. The predicted molar refractivity (Wildman–Crippen MR) is 77.2 cm³/mol. The highest BCUT2D eigenvalue weighted by molar-refractivity contribution is 5.49. The number of rotatable bonds is 3. The molecule has 1 aromatic rings. The molecule has 4 heteroatoms. The second kappa shape index (κ2) is 5.02. The van der Waals surface area contributed by atoms with Crippen LogP contribution in [0.2, 0.25) is 0 Å². The lowest BCUT2D eigenvalue weighted by Gasteiger charge is -2.35. The lowest BCUT2D eigenvalue weighted by atomic mass is 9.70. The summed E-state index contributed by atoms with van der Waals surface area (Å²) in [7, 11) is 3.31. The van der Waals surface area contributed by atoms with E-state index in [4.69, 9.17) is 9.47 Å². The van der Waals surface area contributed by atoms with Crippen molar-refractivity contribution in [3.8, 4) is 11.5 Å². The van der Waals surface area contributed by atoms with Crippen molar-refractivity contribution >= 4 is 0 Å². The summed E-state index contributed by atoms with van der Waals surface area (Å²) in [6.45, 7) is 0.951. The maximum atomic E-state index is 9.84. The smallest absolute Gasteiger partial charge is 0.161 e. The van der Waals surface area contributed by atoms with E-state index >= 15 is 0 Å². The molecular formula is C16H21NO3. The van der Waals surface area contributed by atoms with Crippen molar-refractivity contribution in [1.29, 1.82) is 0 Å². The lowest BCUT2D eigenvalue weighted by Crippen LogP contribution is -2.33. The molecule has 2 atom stereocenters. The Balaban J connectivity index is 2.05. The number of nitrogens with one attached hydrogen (secondary N) is 1. The van der Waals surface area contributed by atoms with Crippen LogP contribution in [0.1, 0.15) is 24.8 Å². The number of hydrogen-bond donors (Lipinski definition) is 2. The van der Waals surface area contributed by atoms with Crippen molar-refractivity contribution in [3.05, 3.63) is 35.5 Å². The minimum Gasteiger partial charge on any atom is -0.493 e. The van der Waals surface area contributed by atoms with Crippen LogP contribution in [-0.2, 0) is 5.41 Å². The third kappa shape index (κ3) is 1.95. The summed E-state index contributed by atoms with van der Waals surface area (Å²) in [6, 6.07) is 6.14. The summed E-state index contributed by atoms with van der Waals surface area (Å²) in [5.74, 6) is 1.51. The third-order valence-corrected chi connectivity index (χ3v) is 4.54. The van der Waals surface area contributed by atoms with Gasteiger partial charge in [0.15, 0.2) is 11.5 Å². The van der Waals surface area contributed by atoms with Crippen LogP contribution in [0.4, 0.5) is 0 Å². The van der Waals surface area contributed by atoms with E-state index < -0.39 is 0 Å².